The van der Waals surface area contributed by atoms with E-state index in [-0.39, 0.29) is 43.0 Å². The van der Waals surface area contributed by atoms with Crippen LogP contribution < -0.4 is 5.32 Å². The molecule has 0 saturated carbocycles. The predicted molar refractivity (Wildman–Crippen MR) is 115 cm³/mol. The van der Waals surface area contributed by atoms with Crippen LogP contribution in [0.5, 0.6) is 0 Å². The lowest BCUT2D eigenvalue weighted by Crippen LogP contribution is -2.48. The summed E-state index contributed by atoms with van der Waals surface area (Å²) in [6.45, 7) is 10.2. The van der Waals surface area contributed by atoms with Gasteiger partial charge in [0, 0.05) is 39.3 Å². The first-order valence-electron chi connectivity index (χ1n) is 9.54. The Balaban J connectivity index is 0.00000364. The van der Waals surface area contributed by atoms with Crippen molar-refractivity contribution in [1.29, 1.82) is 0 Å². The number of guanidine groups is 1. The quantitative estimate of drug-likeness (QED) is 0.343. The zero-order valence-corrected chi connectivity index (χ0v) is 19.6. The standard InChI is InChI=1S/C17H32F2N4O2S.HI/c1-4-20-17(22-11-13(2)9-14(3)12-22)21-10-15-5-7-23(8-6-15)26(24,25)16(18)19;/h13-16H,4-12H2,1-3H3,(H,20,21);1H. The maximum absolute atomic E-state index is 12.6. The molecule has 0 aromatic rings. The van der Waals surface area contributed by atoms with Crippen molar-refractivity contribution >= 4 is 40.0 Å². The Bertz CT molecular complexity index is 573. The maximum atomic E-state index is 12.6. The maximum Gasteiger partial charge on any atom is 0.350 e. The van der Waals surface area contributed by atoms with E-state index in [2.05, 4.69) is 24.1 Å². The van der Waals surface area contributed by atoms with Crippen LogP contribution in [-0.2, 0) is 10.0 Å². The minimum atomic E-state index is -4.45. The molecule has 2 rings (SSSR count). The van der Waals surface area contributed by atoms with E-state index < -0.39 is 15.8 Å². The van der Waals surface area contributed by atoms with Crippen molar-refractivity contribution in [2.45, 2.75) is 45.8 Å². The molecule has 0 aromatic heterocycles. The molecule has 27 heavy (non-hydrogen) atoms. The summed E-state index contributed by atoms with van der Waals surface area (Å²) < 4.78 is 49.3. The average Bonchev–Trinajstić information content (AvgIpc) is 2.58. The first-order chi connectivity index (χ1) is 12.2. The van der Waals surface area contributed by atoms with Crippen LogP contribution in [0.2, 0.25) is 0 Å². The topological polar surface area (TPSA) is 65.0 Å². The molecule has 2 atom stereocenters. The van der Waals surface area contributed by atoms with E-state index in [4.69, 9.17) is 4.99 Å². The SMILES string of the molecule is CCNC(=NCC1CCN(S(=O)(=O)C(F)F)CC1)N1CC(C)CC(C)C1.I. The Morgan fingerprint density at radius 1 is 1.19 bits per heavy atom. The molecule has 2 heterocycles. The molecule has 6 nitrogen and oxygen atoms in total. The molecule has 2 fully saturated rings. The number of hydrogen-bond acceptors (Lipinski definition) is 3. The van der Waals surface area contributed by atoms with Crippen molar-refractivity contribution in [2.24, 2.45) is 22.7 Å². The summed E-state index contributed by atoms with van der Waals surface area (Å²) in [6, 6.07) is 0. The van der Waals surface area contributed by atoms with Gasteiger partial charge in [-0.05, 0) is 43.9 Å². The second-order valence-corrected chi connectivity index (χ2v) is 9.60. The highest BCUT2D eigenvalue weighted by molar-refractivity contribution is 14.0. The highest BCUT2D eigenvalue weighted by atomic mass is 127. The van der Waals surface area contributed by atoms with Crippen LogP contribution in [0.15, 0.2) is 4.99 Å². The van der Waals surface area contributed by atoms with Gasteiger partial charge in [0.05, 0.1) is 0 Å². The summed E-state index contributed by atoms with van der Waals surface area (Å²) in [5.41, 5.74) is 0. The van der Waals surface area contributed by atoms with Gasteiger partial charge in [-0.25, -0.2) is 8.42 Å². The van der Waals surface area contributed by atoms with Crippen molar-refractivity contribution < 1.29 is 17.2 Å². The van der Waals surface area contributed by atoms with Crippen molar-refractivity contribution in [1.82, 2.24) is 14.5 Å². The lowest BCUT2D eigenvalue weighted by atomic mass is 9.92. The fourth-order valence-electron chi connectivity index (χ4n) is 3.94. The van der Waals surface area contributed by atoms with Crippen molar-refractivity contribution in [3.63, 3.8) is 0 Å². The average molecular weight is 522 g/mol. The first kappa shape index (κ1) is 24.8. The van der Waals surface area contributed by atoms with Gasteiger partial charge >= 0.3 is 5.76 Å². The molecule has 0 aromatic carbocycles. The van der Waals surface area contributed by atoms with Crippen LogP contribution in [0.4, 0.5) is 8.78 Å². The number of hydrogen-bond donors (Lipinski definition) is 1. The smallest absolute Gasteiger partial charge is 0.350 e. The zero-order valence-electron chi connectivity index (χ0n) is 16.4. The first-order valence-corrected chi connectivity index (χ1v) is 11.0. The number of sulfonamides is 1. The van der Waals surface area contributed by atoms with E-state index in [0.717, 1.165) is 29.9 Å². The number of nitrogens with zero attached hydrogens (tertiary/aromatic N) is 3. The minimum absolute atomic E-state index is 0. The van der Waals surface area contributed by atoms with Gasteiger partial charge in [-0.15, -0.1) is 24.0 Å². The molecule has 2 aliphatic rings. The van der Waals surface area contributed by atoms with Crippen LogP contribution in [0.3, 0.4) is 0 Å². The van der Waals surface area contributed by atoms with E-state index in [1.807, 2.05) is 6.92 Å². The van der Waals surface area contributed by atoms with Gasteiger partial charge in [0.15, 0.2) is 5.96 Å². The third-order valence-corrected chi connectivity index (χ3v) is 6.70. The molecule has 0 aliphatic carbocycles. The van der Waals surface area contributed by atoms with Gasteiger partial charge < -0.3 is 10.2 Å². The lowest BCUT2D eigenvalue weighted by Gasteiger charge is -2.37. The number of piperidine rings is 2. The number of alkyl halides is 2. The Kier molecular flexibility index (Phi) is 10.2. The monoisotopic (exact) mass is 522 g/mol. The van der Waals surface area contributed by atoms with Crippen LogP contribution in [0.1, 0.15) is 40.0 Å². The third-order valence-electron chi connectivity index (χ3n) is 5.16. The minimum Gasteiger partial charge on any atom is -0.357 e. The Hall–Kier alpha value is -0.230. The summed E-state index contributed by atoms with van der Waals surface area (Å²) in [6.07, 6.45) is 2.37. The molecule has 160 valence electrons. The van der Waals surface area contributed by atoms with E-state index >= 15 is 0 Å². The third kappa shape index (κ3) is 6.95. The highest BCUT2D eigenvalue weighted by Gasteiger charge is 2.34. The molecular weight excluding hydrogens is 489 g/mol. The van der Waals surface area contributed by atoms with Gasteiger partial charge in [0.25, 0.3) is 10.0 Å². The molecular formula is C17H33F2IN4O2S. The van der Waals surface area contributed by atoms with E-state index in [1.165, 1.54) is 6.42 Å². The molecule has 0 spiro atoms. The second kappa shape index (κ2) is 11.1. The van der Waals surface area contributed by atoms with Crippen molar-refractivity contribution in [3.8, 4) is 0 Å². The van der Waals surface area contributed by atoms with Crippen molar-refractivity contribution in [3.05, 3.63) is 0 Å². The summed E-state index contributed by atoms with van der Waals surface area (Å²) in [7, 11) is -4.45. The van der Waals surface area contributed by atoms with E-state index in [1.54, 1.807) is 0 Å². The number of rotatable bonds is 5. The molecule has 2 aliphatic heterocycles. The predicted octanol–water partition coefficient (Wildman–Crippen LogP) is 2.81. The molecule has 10 heteroatoms. The molecule has 0 bridgehead atoms. The van der Waals surface area contributed by atoms with Crippen LogP contribution >= 0.6 is 24.0 Å². The normalized spacial score (nSPS) is 26.1. The van der Waals surface area contributed by atoms with E-state index in [9.17, 15) is 17.2 Å². The zero-order chi connectivity index (χ0) is 19.3. The van der Waals surface area contributed by atoms with Gasteiger partial charge in [-0.2, -0.15) is 13.1 Å². The fourth-order valence-corrected chi connectivity index (χ4v) is 4.88. The Labute approximate surface area is 179 Å². The Morgan fingerprint density at radius 2 is 1.74 bits per heavy atom. The van der Waals surface area contributed by atoms with Gasteiger partial charge in [-0.1, -0.05) is 13.8 Å². The second-order valence-electron chi connectivity index (χ2n) is 7.69. The van der Waals surface area contributed by atoms with E-state index in [0.29, 0.717) is 31.2 Å². The van der Waals surface area contributed by atoms with Crippen LogP contribution in [-0.4, -0.2) is 68.6 Å². The summed E-state index contributed by atoms with van der Waals surface area (Å²) in [5, 5.41) is 3.35. The number of nitrogens with one attached hydrogen (secondary N) is 1. The van der Waals surface area contributed by atoms with Gasteiger partial charge in [0.1, 0.15) is 0 Å². The Morgan fingerprint density at radius 3 is 2.22 bits per heavy atom. The molecule has 2 saturated heterocycles. The molecule has 0 radical (unpaired) electrons. The highest BCUT2D eigenvalue weighted by Crippen LogP contribution is 2.24. The van der Waals surface area contributed by atoms with Crippen LogP contribution in [0, 0.1) is 17.8 Å². The van der Waals surface area contributed by atoms with Gasteiger partial charge in [0.2, 0.25) is 0 Å². The van der Waals surface area contributed by atoms with Crippen molar-refractivity contribution in [2.75, 3.05) is 39.3 Å². The molecule has 0 amide bonds. The molecule has 1 N–H and O–H groups in total. The fraction of sp³-hybridized carbons (Fsp3) is 0.941. The van der Waals surface area contributed by atoms with Gasteiger partial charge in [-0.3, -0.25) is 4.99 Å². The van der Waals surface area contributed by atoms with Crippen LogP contribution in [0.25, 0.3) is 0 Å². The number of likely N-dealkylation sites (tertiary alicyclic amines) is 1. The largest absolute Gasteiger partial charge is 0.357 e. The number of aliphatic imine (C=N–C) groups is 1. The lowest BCUT2D eigenvalue weighted by molar-refractivity contribution is 0.202. The number of halogens is 3. The molecule has 2 unspecified atom stereocenters. The summed E-state index contributed by atoms with van der Waals surface area (Å²) in [5.74, 6) is -0.933. The summed E-state index contributed by atoms with van der Waals surface area (Å²) in [4.78, 5) is 7.07. The summed E-state index contributed by atoms with van der Waals surface area (Å²) >= 11 is 0.